The Labute approximate surface area is 124 Å². The minimum absolute atomic E-state index is 0.160. The predicted molar refractivity (Wildman–Crippen MR) is 84.9 cm³/mol. The smallest absolute Gasteiger partial charge is 0.171 e. The molecule has 112 valence electrons. The molecule has 5 nitrogen and oxygen atoms in total. The zero-order chi connectivity index (χ0) is 14.6. The molecule has 1 aliphatic rings. The Kier molecular flexibility index (Phi) is 5.29. The quantitative estimate of drug-likeness (QED) is 0.870. The van der Waals surface area contributed by atoms with Crippen molar-refractivity contribution in [2.45, 2.75) is 18.7 Å². The van der Waals surface area contributed by atoms with Crippen LogP contribution in [0.3, 0.4) is 0 Å². The van der Waals surface area contributed by atoms with E-state index in [9.17, 15) is 8.42 Å². The highest BCUT2D eigenvalue weighted by atomic mass is 32.2. The van der Waals surface area contributed by atoms with Gasteiger partial charge in [-0.1, -0.05) is 13.0 Å². The normalized spacial score (nSPS) is 20.1. The molecule has 1 saturated heterocycles. The Bertz CT molecular complexity index is 548. The van der Waals surface area contributed by atoms with Gasteiger partial charge in [-0.3, -0.25) is 0 Å². The van der Waals surface area contributed by atoms with E-state index >= 15 is 0 Å². The van der Waals surface area contributed by atoms with E-state index in [1.165, 1.54) is 0 Å². The summed E-state index contributed by atoms with van der Waals surface area (Å²) < 4.78 is 24.6. The minimum atomic E-state index is -3.12. The molecular formula is C13H21N3O2S2. The van der Waals surface area contributed by atoms with Gasteiger partial charge in [0.05, 0.1) is 0 Å². The maximum atomic E-state index is 12.3. The van der Waals surface area contributed by atoms with Crippen molar-refractivity contribution < 1.29 is 8.42 Å². The van der Waals surface area contributed by atoms with Crippen molar-refractivity contribution in [3.63, 3.8) is 0 Å². The highest BCUT2D eigenvalue weighted by Crippen LogP contribution is 2.28. The first-order chi connectivity index (χ1) is 9.60. The van der Waals surface area contributed by atoms with E-state index in [0.717, 1.165) is 17.1 Å². The molecule has 1 fully saturated rings. The monoisotopic (exact) mass is 315 g/mol. The van der Waals surface area contributed by atoms with E-state index < -0.39 is 15.2 Å². The van der Waals surface area contributed by atoms with Crippen LogP contribution in [-0.2, 0) is 16.3 Å². The largest absolute Gasteiger partial charge is 0.338 e. The minimum Gasteiger partial charge on any atom is -0.338 e. The number of sulfone groups is 1. The Balaban J connectivity index is 2.38. The molecular weight excluding hydrogens is 294 g/mol. The van der Waals surface area contributed by atoms with Crippen LogP contribution in [0.5, 0.6) is 0 Å². The van der Waals surface area contributed by atoms with Gasteiger partial charge in [-0.25, -0.2) is 13.4 Å². The van der Waals surface area contributed by atoms with Gasteiger partial charge in [0.2, 0.25) is 0 Å². The van der Waals surface area contributed by atoms with E-state index in [1.807, 2.05) is 17.0 Å². The molecule has 0 radical (unpaired) electrons. The van der Waals surface area contributed by atoms with E-state index in [-0.39, 0.29) is 5.75 Å². The number of thioether (sulfide) groups is 1. The summed E-state index contributed by atoms with van der Waals surface area (Å²) in [6.45, 7) is 2.95. The number of rotatable bonds is 5. The molecule has 0 aliphatic carbocycles. The first-order valence-electron chi connectivity index (χ1n) is 6.80. The molecule has 1 atom stereocenters. The number of pyridine rings is 1. The summed E-state index contributed by atoms with van der Waals surface area (Å²) in [5, 5.41) is -0.474. The van der Waals surface area contributed by atoms with Crippen LogP contribution in [0.15, 0.2) is 18.3 Å². The number of hydrogen-bond donors (Lipinski definition) is 1. The fourth-order valence-corrected chi connectivity index (χ4v) is 5.32. The first-order valence-corrected chi connectivity index (χ1v) is 9.67. The maximum absolute atomic E-state index is 12.3. The fourth-order valence-electron chi connectivity index (χ4n) is 2.35. The average Bonchev–Trinajstić information content (AvgIpc) is 2.48. The lowest BCUT2D eigenvalue weighted by atomic mass is 10.2. The summed E-state index contributed by atoms with van der Waals surface area (Å²) in [5.41, 5.74) is 6.66. The third-order valence-corrected chi connectivity index (χ3v) is 6.74. The second-order valence-electron chi connectivity index (χ2n) is 4.70. The topological polar surface area (TPSA) is 76.3 Å². The fraction of sp³-hybridized carbons (Fsp3) is 0.615. The summed E-state index contributed by atoms with van der Waals surface area (Å²) in [4.78, 5) is 6.36. The van der Waals surface area contributed by atoms with Crippen molar-refractivity contribution >= 4 is 27.4 Å². The molecule has 0 aromatic carbocycles. The lowest BCUT2D eigenvalue weighted by molar-refractivity contribution is 0.578. The summed E-state index contributed by atoms with van der Waals surface area (Å²) >= 11 is 1.69. The van der Waals surface area contributed by atoms with Gasteiger partial charge in [-0.05, 0) is 24.6 Å². The third kappa shape index (κ3) is 3.27. The molecule has 0 bridgehead atoms. The predicted octanol–water partition coefficient (Wildman–Crippen LogP) is 0.897. The Morgan fingerprint density at radius 2 is 2.35 bits per heavy atom. The van der Waals surface area contributed by atoms with Crippen LogP contribution in [0, 0.1) is 0 Å². The van der Waals surface area contributed by atoms with Gasteiger partial charge in [0.25, 0.3) is 0 Å². The Morgan fingerprint density at radius 1 is 1.55 bits per heavy atom. The summed E-state index contributed by atoms with van der Waals surface area (Å²) in [6, 6.07) is 3.85. The van der Waals surface area contributed by atoms with Gasteiger partial charge in [-0.15, -0.1) is 0 Å². The maximum Gasteiger partial charge on any atom is 0.171 e. The first kappa shape index (κ1) is 15.6. The van der Waals surface area contributed by atoms with Crippen LogP contribution >= 0.6 is 11.8 Å². The van der Waals surface area contributed by atoms with E-state index in [4.69, 9.17) is 5.73 Å². The molecule has 0 amide bonds. The number of anilines is 1. The van der Waals surface area contributed by atoms with Crippen LogP contribution in [0.2, 0.25) is 0 Å². The molecule has 2 rings (SSSR count). The van der Waals surface area contributed by atoms with Crippen molar-refractivity contribution in [1.82, 2.24) is 4.98 Å². The molecule has 7 heteroatoms. The van der Waals surface area contributed by atoms with Crippen LogP contribution in [0.25, 0.3) is 0 Å². The summed E-state index contributed by atoms with van der Waals surface area (Å²) in [7, 11) is -3.12. The van der Waals surface area contributed by atoms with Crippen LogP contribution < -0.4 is 10.6 Å². The van der Waals surface area contributed by atoms with Crippen LogP contribution in [-0.4, -0.2) is 49.1 Å². The van der Waals surface area contributed by atoms with Crippen molar-refractivity contribution in [2.24, 2.45) is 5.73 Å². The van der Waals surface area contributed by atoms with Gasteiger partial charge in [-0.2, -0.15) is 11.8 Å². The molecule has 0 spiro atoms. The van der Waals surface area contributed by atoms with Gasteiger partial charge >= 0.3 is 0 Å². The van der Waals surface area contributed by atoms with Gasteiger partial charge < -0.3 is 10.6 Å². The molecule has 20 heavy (non-hydrogen) atoms. The van der Waals surface area contributed by atoms with E-state index in [1.54, 1.807) is 24.9 Å². The molecule has 1 aliphatic heterocycles. The van der Waals surface area contributed by atoms with Gasteiger partial charge in [0, 0.05) is 30.0 Å². The van der Waals surface area contributed by atoms with Gasteiger partial charge in [0.1, 0.15) is 11.2 Å². The summed E-state index contributed by atoms with van der Waals surface area (Å²) in [5.74, 6) is 2.47. The molecule has 1 aromatic rings. The molecule has 2 heterocycles. The Hall–Kier alpha value is -0.790. The summed E-state index contributed by atoms with van der Waals surface area (Å²) in [6.07, 6.45) is 2.43. The third-order valence-electron chi connectivity index (χ3n) is 3.45. The van der Waals surface area contributed by atoms with E-state index in [2.05, 4.69) is 4.98 Å². The number of aromatic nitrogens is 1. The lowest BCUT2D eigenvalue weighted by Gasteiger charge is -2.36. The SMILES string of the molecule is CCS(=O)(=O)C1CSCCN1c1ncccc1CCN. The van der Waals surface area contributed by atoms with Crippen molar-refractivity contribution in [3.05, 3.63) is 23.9 Å². The second-order valence-corrected chi connectivity index (χ2v) is 8.30. The van der Waals surface area contributed by atoms with Crippen molar-refractivity contribution in [3.8, 4) is 0 Å². The lowest BCUT2D eigenvalue weighted by Crippen LogP contribution is -2.48. The van der Waals surface area contributed by atoms with Crippen molar-refractivity contribution in [1.29, 1.82) is 0 Å². The molecule has 0 saturated carbocycles. The van der Waals surface area contributed by atoms with Crippen LogP contribution in [0.1, 0.15) is 12.5 Å². The van der Waals surface area contributed by atoms with E-state index in [0.29, 0.717) is 25.3 Å². The van der Waals surface area contributed by atoms with Gasteiger partial charge in [0.15, 0.2) is 9.84 Å². The Morgan fingerprint density at radius 3 is 3.05 bits per heavy atom. The molecule has 1 aromatic heterocycles. The highest BCUT2D eigenvalue weighted by molar-refractivity contribution is 8.01. The zero-order valence-corrected chi connectivity index (χ0v) is 13.3. The molecule has 2 N–H and O–H groups in total. The average molecular weight is 315 g/mol. The second kappa shape index (κ2) is 6.78. The number of nitrogens with two attached hydrogens (primary N) is 1. The highest BCUT2D eigenvalue weighted by Gasteiger charge is 2.34. The standard InChI is InChI=1S/C13H21N3O2S2/c1-2-20(17,18)12-10-19-9-8-16(12)13-11(5-6-14)4-3-7-15-13/h3-4,7,12H,2,5-6,8-10,14H2,1H3. The van der Waals surface area contributed by atoms with Crippen LogP contribution in [0.4, 0.5) is 5.82 Å². The number of nitrogens with zero attached hydrogens (tertiary/aromatic N) is 2. The number of hydrogen-bond acceptors (Lipinski definition) is 6. The van der Waals surface area contributed by atoms with Crippen molar-refractivity contribution in [2.75, 3.05) is 35.2 Å². The molecule has 1 unspecified atom stereocenters. The zero-order valence-electron chi connectivity index (χ0n) is 11.7.